The molecule has 0 saturated carbocycles. The van der Waals surface area contributed by atoms with Gasteiger partial charge in [0.15, 0.2) is 11.3 Å². The summed E-state index contributed by atoms with van der Waals surface area (Å²) in [6, 6.07) is 9.22. The number of nitrogens with two attached hydrogens (primary N) is 1. The van der Waals surface area contributed by atoms with Crippen molar-refractivity contribution in [3.8, 4) is 17.0 Å². The van der Waals surface area contributed by atoms with E-state index in [1.54, 1.807) is 18.2 Å². The van der Waals surface area contributed by atoms with E-state index in [4.69, 9.17) is 10.5 Å². The third-order valence-electron chi connectivity index (χ3n) is 6.32. The summed E-state index contributed by atoms with van der Waals surface area (Å²) in [5, 5.41) is 23.4. The van der Waals surface area contributed by atoms with Crippen LogP contribution in [0.25, 0.3) is 22.3 Å². The molecule has 2 fully saturated rings. The summed E-state index contributed by atoms with van der Waals surface area (Å²) in [4.78, 5) is 14.7. The van der Waals surface area contributed by atoms with Gasteiger partial charge in [0.25, 0.3) is 0 Å². The molecular weight excluding hydrogens is 408 g/mol. The van der Waals surface area contributed by atoms with Gasteiger partial charge in [0.1, 0.15) is 11.4 Å². The fraction of sp³-hybridized carbons (Fsp3) is 0.478. The van der Waals surface area contributed by atoms with E-state index in [-0.39, 0.29) is 30.0 Å². The van der Waals surface area contributed by atoms with Crippen LogP contribution in [-0.4, -0.2) is 53.8 Å². The van der Waals surface area contributed by atoms with Gasteiger partial charge in [-0.15, -0.1) is 10.2 Å². The van der Waals surface area contributed by atoms with E-state index in [2.05, 4.69) is 15.3 Å². The lowest BCUT2D eigenvalue weighted by Crippen LogP contribution is -2.48. The fourth-order valence-corrected chi connectivity index (χ4v) is 5.02. The minimum absolute atomic E-state index is 0.0902. The summed E-state index contributed by atoms with van der Waals surface area (Å²) in [7, 11) is 0. The molecule has 2 aliphatic rings. The summed E-state index contributed by atoms with van der Waals surface area (Å²) in [6.07, 6.45) is 3.23. The number of para-hydroxylation sites is 1. The van der Waals surface area contributed by atoms with Crippen LogP contribution in [0.3, 0.4) is 0 Å². The first-order chi connectivity index (χ1) is 15.2. The minimum Gasteiger partial charge on any atom is -0.507 e. The number of aromatic nitrogens is 4. The zero-order valence-corrected chi connectivity index (χ0v) is 18.5. The second-order valence-corrected chi connectivity index (χ2v) is 9.71. The van der Waals surface area contributed by atoms with Crippen LogP contribution in [0.2, 0.25) is 0 Å². The van der Waals surface area contributed by atoms with Gasteiger partial charge in [-0.1, -0.05) is 12.1 Å². The minimum atomic E-state index is -0.516. The van der Waals surface area contributed by atoms with Crippen molar-refractivity contribution in [2.24, 2.45) is 0 Å². The van der Waals surface area contributed by atoms with E-state index in [1.807, 2.05) is 42.5 Å². The van der Waals surface area contributed by atoms with Crippen LogP contribution in [0.5, 0.6) is 5.75 Å². The van der Waals surface area contributed by atoms with Crippen LogP contribution >= 0.6 is 0 Å². The van der Waals surface area contributed by atoms with Crippen molar-refractivity contribution in [1.82, 2.24) is 24.9 Å². The number of carbonyl (C=O) groups excluding carboxylic acids is 1. The normalized spacial score (nSPS) is 23.0. The Bertz CT molecular complexity index is 1170. The largest absolute Gasteiger partial charge is 0.507 e. The number of phenolic OH excluding ortho intramolecular Hbond substituents is 1. The summed E-state index contributed by atoms with van der Waals surface area (Å²) >= 11 is 0. The number of phenols is 1. The lowest BCUT2D eigenvalue weighted by Gasteiger charge is -2.39. The van der Waals surface area contributed by atoms with E-state index in [0.29, 0.717) is 22.6 Å². The summed E-state index contributed by atoms with van der Waals surface area (Å²) in [6.45, 7) is 5.67. The molecular formula is C23H28N6O3. The Morgan fingerprint density at radius 2 is 1.81 bits per heavy atom. The van der Waals surface area contributed by atoms with Crippen molar-refractivity contribution >= 4 is 22.9 Å². The lowest BCUT2D eigenvalue weighted by atomic mass is 9.97. The first-order valence-electron chi connectivity index (χ1n) is 11.0. The monoisotopic (exact) mass is 436 g/mol. The molecule has 1 amide bonds. The Morgan fingerprint density at radius 1 is 1.12 bits per heavy atom. The van der Waals surface area contributed by atoms with Crippen LogP contribution < -0.4 is 5.73 Å². The number of aromatic hydroxyl groups is 1. The highest BCUT2D eigenvalue weighted by Gasteiger charge is 2.45. The molecule has 5 rings (SSSR count). The zero-order valence-electron chi connectivity index (χ0n) is 18.5. The van der Waals surface area contributed by atoms with Crippen molar-refractivity contribution in [3.63, 3.8) is 0 Å². The topological polar surface area (TPSA) is 119 Å². The lowest BCUT2D eigenvalue weighted by molar-refractivity contribution is 0.00257. The fourth-order valence-electron chi connectivity index (χ4n) is 5.02. The predicted molar refractivity (Wildman–Crippen MR) is 120 cm³/mol. The Balaban J connectivity index is 1.47. The second-order valence-electron chi connectivity index (χ2n) is 9.71. The molecule has 32 heavy (non-hydrogen) atoms. The predicted octanol–water partition coefficient (Wildman–Crippen LogP) is 3.88. The summed E-state index contributed by atoms with van der Waals surface area (Å²) in [5.41, 5.74) is 8.14. The van der Waals surface area contributed by atoms with Crippen molar-refractivity contribution in [3.05, 3.63) is 30.3 Å². The summed E-state index contributed by atoms with van der Waals surface area (Å²) in [5.74, 6) is 0.474. The molecule has 2 aliphatic heterocycles. The molecule has 2 saturated heterocycles. The van der Waals surface area contributed by atoms with Gasteiger partial charge in [-0.25, -0.2) is 4.79 Å². The average molecular weight is 437 g/mol. The molecule has 3 N–H and O–H groups in total. The smallest absolute Gasteiger partial charge is 0.410 e. The number of fused-ring (bicyclic) bond motifs is 3. The summed E-state index contributed by atoms with van der Waals surface area (Å²) < 4.78 is 7.58. The standard InChI is InChI=1S/C23H28N6O3/c1-23(2,3)32-22(31)28-13-8-9-14(28)11-15(10-13)29-18-12-17(16-6-4-5-7-19(16)30)25-26-20(18)21(24)27-29/h4-7,12-15,30H,8-11H2,1-3H3,(H2,24,27). The number of benzene rings is 1. The second kappa shape index (κ2) is 7.36. The number of carbonyl (C=O) groups is 1. The van der Waals surface area contributed by atoms with Gasteiger partial charge >= 0.3 is 6.09 Å². The van der Waals surface area contributed by atoms with Gasteiger partial charge in [-0.2, -0.15) is 5.10 Å². The van der Waals surface area contributed by atoms with E-state index in [0.717, 1.165) is 31.2 Å². The highest BCUT2D eigenvalue weighted by molar-refractivity contribution is 5.87. The SMILES string of the molecule is CC(C)(C)OC(=O)N1C2CCC1CC(n1nc(N)c3nnc(-c4ccccc4O)cc31)C2. The molecule has 2 unspecified atom stereocenters. The van der Waals surface area contributed by atoms with Crippen molar-refractivity contribution in [2.45, 2.75) is 70.2 Å². The maximum absolute atomic E-state index is 12.8. The van der Waals surface area contributed by atoms with Crippen molar-refractivity contribution in [2.75, 3.05) is 5.73 Å². The van der Waals surface area contributed by atoms with Crippen LogP contribution in [0, 0.1) is 0 Å². The number of nitrogens with zero attached hydrogens (tertiary/aromatic N) is 5. The molecule has 0 radical (unpaired) electrons. The molecule has 0 spiro atoms. The maximum Gasteiger partial charge on any atom is 0.410 e. The van der Waals surface area contributed by atoms with Crippen molar-refractivity contribution < 1.29 is 14.6 Å². The number of anilines is 1. The van der Waals surface area contributed by atoms with Gasteiger partial charge in [0.2, 0.25) is 0 Å². The number of ether oxygens (including phenoxy) is 1. The number of hydrogen-bond acceptors (Lipinski definition) is 7. The third-order valence-corrected chi connectivity index (χ3v) is 6.32. The molecule has 2 bridgehead atoms. The van der Waals surface area contributed by atoms with Gasteiger partial charge in [0.05, 0.1) is 17.3 Å². The van der Waals surface area contributed by atoms with E-state index < -0.39 is 5.60 Å². The number of hydrogen-bond donors (Lipinski definition) is 2. The number of rotatable bonds is 2. The van der Waals surface area contributed by atoms with Crippen LogP contribution in [0.15, 0.2) is 30.3 Å². The van der Waals surface area contributed by atoms with E-state index in [9.17, 15) is 9.90 Å². The van der Waals surface area contributed by atoms with Gasteiger partial charge in [-0.05, 0) is 64.7 Å². The molecule has 9 nitrogen and oxygen atoms in total. The first kappa shape index (κ1) is 20.5. The van der Waals surface area contributed by atoms with E-state index in [1.165, 1.54) is 0 Å². The molecule has 2 atom stereocenters. The van der Waals surface area contributed by atoms with Gasteiger partial charge in [0, 0.05) is 17.6 Å². The zero-order chi connectivity index (χ0) is 22.6. The Labute approximate surface area is 186 Å². The molecule has 3 aromatic rings. The van der Waals surface area contributed by atoms with Crippen LogP contribution in [-0.2, 0) is 4.74 Å². The van der Waals surface area contributed by atoms with Crippen molar-refractivity contribution in [1.29, 1.82) is 0 Å². The number of piperidine rings is 1. The highest BCUT2D eigenvalue weighted by Crippen LogP contribution is 2.43. The van der Waals surface area contributed by atoms with Gasteiger partial charge in [-0.3, -0.25) is 4.68 Å². The quantitative estimate of drug-likeness (QED) is 0.625. The average Bonchev–Trinajstić information content (AvgIpc) is 3.20. The van der Waals surface area contributed by atoms with Crippen LogP contribution in [0.4, 0.5) is 10.6 Å². The maximum atomic E-state index is 12.8. The van der Waals surface area contributed by atoms with Gasteiger partial charge < -0.3 is 20.5 Å². The molecule has 4 heterocycles. The Kier molecular flexibility index (Phi) is 4.72. The molecule has 2 aromatic heterocycles. The Hall–Kier alpha value is -3.36. The first-order valence-corrected chi connectivity index (χ1v) is 11.0. The van der Waals surface area contributed by atoms with E-state index >= 15 is 0 Å². The van der Waals surface area contributed by atoms with Crippen LogP contribution in [0.1, 0.15) is 52.5 Å². The number of nitrogen functional groups attached to an aromatic ring is 1. The third kappa shape index (κ3) is 3.51. The molecule has 168 valence electrons. The highest BCUT2D eigenvalue weighted by atomic mass is 16.6. The Morgan fingerprint density at radius 3 is 2.47 bits per heavy atom. The number of amides is 1. The molecule has 0 aliphatic carbocycles. The molecule has 9 heteroatoms. The molecule has 1 aromatic carbocycles.